The Kier molecular flexibility index (Phi) is 3.57. The van der Waals surface area contributed by atoms with E-state index in [9.17, 15) is 4.79 Å². The minimum atomic E-state index is -1.03. The smallest absolute Gasteiger partial charge is 0.354 e. The third kappa shape index (κ3) is 2.66. The van der Waals surface area contributed by atoms with Crippen molar-refractivity contribution in [3.8, 4) is 16.9 Å². The Morgan fingerprint density at radius 2 is 2.06 bits per heavy atom. The van der Waals surface area contributed by atoms with Gasteiger partial charge in [0.15, 0.2) is 0 Å². The van der Waals surface area contributed by atoms with E-state index in [0.29, 0.717) is 6.61 Å². The van der Waals surface area contributed by atoms with E-state index in [1.54, 1.807) is 12.1 Å². The molecule has 0 amide bonds. The molecule has 0 aliphatic rings. The quantitative estimate of drug-likeness (QED) is 0.897. The molecule has 4 heteroatoms. The third-order valence-electron chi connectivity index (χ3n) is 2.46. The molecule has 0 aliphatic heterocycles. The maximum atomic E-state index is 10.9. The molecular weight excluding hydrogens is 230 g/mol. The number of pyridine rings is 1. The number of aromatic carboxylic acids is 1. The van der Waals surface area contributed by atoms with E-state index in [2.05, 4.69) is 4.98 Å². The Morgan fingerprint density at radius 3 is 2.78 bits per heavy atom. The van der Waals surface area contributed by atoms with Gasteiger partial charge < -0.3 is 9.84 Å². The molecule has 0 fully saturated rings. The molecule has 0 atom stereocenters. The Morgan fingerprint density at radius 1 is 1.28 bits per heavy atom. The van der Waals surface area contributed by atoms with Crippen molar-refractivity contribution in [2.75, 3.05) is 6.61 Å². The number of hydrogen-bond acceptors (Lipinski definition) is 3. The maximum Gasteiger partial charge on any atom is 0.354 e. The van der Waals surface area contributed by atoms with Crippen LogP contribution in [0.4, 0.5) is 0 Å². The molecule has 2 rings (SSSR count). The second kappa shape index (κ2) is 5.31. The minimum Gasteiger partial charge on any atom is -0.494 e. The fourth-order valence-electron chi connectivity index (χ4n) is 1.66. The van der Waals surface area contributed by atoms with Gasteiger partial charge >= 0.3 is 5.97 Å². The van der Waals surface area contributed by atoms with Gasteiger partial charge in [-0.05, 0) is 42.3 Å². The number of rotatable bonds is 4. The van der Waals surface area contributed by atoms with Crippen molar-refractivity contribution in [3.63, 3.8) is 0 Å². The Balaban J connectivity index is 2.38. The second-order valence-electron chi connectivity index (χ2n) is 3.70. The molecule has 1 aromatic heterocycles. The van der Waals surface area contributed by atoms with Gasteiger partial charge in [-0.15, -0.1) is 0 Å². The van der Waals surface area contributed by atoms with Crippen LogP contribution in [0, 0.1) is 0 Å². The van der Waals surface area contributed by atoms with E-state index < -0.39 is 5.97 Å². The van der Waals surface area contributed by atoms with Crippen LogP contribution in [0.1, 0.15) is 17.4 Å². The normalized spacial score (nSPS) is 10.1. The summed E-state index contributed by atoms with van der Waals surface area (Å²) < 4.78 is 5.41. The van der Waals surface area contributed by atoms with Gasteiger partial charge in [0.25, 0.3) is 0 Å². The van der Waals surface area contributed by atoms with Crippen LogP contribution in [0.5, 0.6) is 5.75 Å². The van der Waals surface area contributed by atoms with E-state index in [1.807, 2.05) is 31.2 Å². The molecule has 0 radical (unpaired) electrons. The summed E-state index contributed by atoms with van der Waals surface area (Å²) in [5.74, 6) is -0.262. The van der Waals surface area contributed by atoms with Crippen molar-refractivity contribution in [3.05, 3.63) is 48.3 Å². The van der Waals surface area contributed by atoms with Gasteiger partial charge in [-0.3, -0.25) is 0 Å². The summed E-state index contributed by atoms with van der Waals surface area (Å²) in [6.07, 6.45) is 1.49. The van der Waals surface area contributed by atoms with Gasteiger partial charge in [0.2, 0.25) is 0 Å². The summed E-state index contributed by atoms with van der Waals surface area (Å²) >= 11 is 0. The highest BCUT2D eigenvalue weighted by Crippen LogP contribution is 2.24. The van der Waals surface area contributed by atoms with Crippen LogP contribution in [0.3, 0.4) is 0 Å². The van der Waals surface area contributed by atoms with Crippen LogP contribution in [0.25, 0.3) is 11.1 Å². The predicted molar refractivity (Wildman–Crippen MR) is 67.8 cm³/mol. The van der Waals surface area contributed by atoms with Gasteiger partial charge in [-0.1, -0.05) is 12.1 Å². The highest BCUT2D eigenvalue weighted by Gasteiger charge is 2.06. The lowest BCUT2D eigenvalue weighted by atomic mass is 10.1. The fraction of sp³-hybridized carbons (Fsp3) is 0.143. The Bertz CT molecular complexity index is 566. The maximum absolute atomic E-state index is 10.9. The zero-order valence-electron chi connectivity index (χ0n) is 9.96. The fourth-order valence-corrected chi connectivity index (χ4v) is 1.66. The molecule has 18 heavy (non-hydrogen) atoms. The molecule has 0 unspecified atom stereocenters. The second-order valence-corrected chi connectivity index (χ2v) is 3.70. The van der Waals surface area contributed by atoms with Gasteiger partial charge in [0.1, 0.15) is 11.4 Å². The number of nitrogens with zero attached hydrogens (tertiary/aromatic N) is 1. The lowest BCUT2D eigenvalue weighted by Crippen LogP contribution is -1.99. The first-order chi connectivity index (χ1) is 8.70. The van der Waals surface area contributed by atoms with Gasteiger partial charge in [0.05, 0.1) is 6.61 Å². The average Bonchev–Trinajstić information content (AvgIpc) is 2.39. The molecule has 0 aliphatic carbocycles. The lowest BCUT2D eigenvalue weighted by molar-refractivity contribution is 0.0690. The number of carboxylic acid groups (broad SMARTS) is 1. The number of benzene rings is 1. The third-order valence-corrected chi connectivity index (χ3v) is 2.46. The summed E-state index contributed by atoms with van der Waals surface area (Å²) in [7, 11) is 0. The largest absolute Gasteiger partial charge is 0.494 e. The molecule has 0 saturated carbocycles. The Hall–Kier alpha value is -2.36. The SMILES string of the molecule is CCOc1cccc(-c2ccnc(C(=O)O)c2)c1. The summed E-state index contributed by atoms with van der Waals surface area (Å²) in [5, 5.41) is 8.91. The van der Waals surface area contributed by atoms with Gasteiger partial charge in [0, 0.05) is 6.20 Å². The first-order valence-corrected chi connectivity index (χ1v) is 5.63. The van der Waals surface area contributed by atoms with E-state index in [1.165, 1.54) is 6.20 Å². The van der Waals surface area contributed by atoms with Gasteiger partial charge in [-0.2, -0.15) is 0 Å². The van der Waals surface area contributed by atoms with Crippen LogP contribution in [0.15, 0.2) is 42.6 Å². The zero-order chi connectivity index (χ0) is 13.0. The van der Waals surface area contributed by atoms with Crippen molar-refractivity contribution in [2.45, 2.75) is 6.92 Å². The first-order valence-electron chi connectivity index (χ1n) is 5.63. The number of aromatic nitrogens is 1. The number of ether oxygens (including phenoxy) is 1. The predicted octanol–water partition coefficient (Wildman–Crippen LogP) is 2.85. The van der Waals surface area contributed by atoms with Gasteiger partial charge in [-0.25, -0.2) is 9.78 Å². The monoisotopic (exact) mass is 243 g/mol. The molecular formula is C14H13NO3. The van der Waals surface area contributed by atoms with Crippen LogP contribution in [-0.4, -0.2) is 22.7 Å². The number of hydrogen-bond donors (Lipinski definition) is 1. The molecule has 2 aromatic rings. The number of carbonyl (C=O) groups is 1. The molecule has 0 bridgehead atoms. The Labute approximate surface area is 105 Å². The van der Waals surface area contributed by atoms with Crippen molar-refractivity contribution in [1.82, 2.24) is 4.98 Å². The summed E-state index contributed by atoms with van der Waals surface area (Å²) in [6, 6.07) is 10.9. The molecule has 1 heterocycles. The van der Waals surface area contributed by atoms with Crippen molar-refractivity contribution in [2.24, 2.45) is 0 Å². The highest BCUT2D eigenvalue weighted by molar-refractivity contribution is 5.87. The van der Waals surface area contributed by atoms with E-state index in [4.69, 9.17) is 9.84 Å². The molecule has 0 saturated heterocycles. The summed E-state index contributed by atoms with van der Waals surface area (Å²) in [5.41, 5.74) is 1.75. The average molecular weight is 243 g/mol. The zero-order valence-corrected chi connectivity index (χ0v) is 9.96. The highest BCUT2D eigenvalue weighted by atomic mass is 16.5. The van der Waals surface area contributed by atoms with Crippen LogP contribution in [-0.2, 0) is 0 Å². The minimum absolute atomic E-state index is 0.0364. The van der Waals surface area contributed by atoms with E-state index in [0.717, 1.165) is 16.9 Å². The lowest BCUT2D eigenvalue weighted by Gasteiger charge is -2.06. The van der Waals surface area contributed by atoms with Crippen LogP contribution >= 0.6 is 0 Å². The van der Waals surface area contributed by atoms with Crippen LogP contribution in [0.2, 0.25) is 0 Å². The van der Waals surface area contributed by atoms with E-state index in [-0.39, 0.29) is 5.69 Å². The molecule has 92 valence electrons. The number of carboxylic acids is 1. The van der Waals surface area contributed by atoms with Crippen molar-refractivity contribution < 1.29 is 14.6 Å². The van der Waals surface area contributed by atoms with E-state index >= 15 is 0 Å². The first kappa shape index (κ1) is 12.1. The molecule has 1 N–H and O–H groups in total. The van der Waals surface area contributed by atoms with Crippen molar-refractivity contribution >= 4 is 5.97 Å². The molecule has 4 nitrogen and oxygen atoms in total. The van der Waals surface area contributed by atoms with Crippen molar-refractivity contribution in [1.29, 1.82) is 0 Å². The topological polar surface area (TPSA) is 59.4 Å². The summed E-state index contributed by atoms with van der Waals surface area (Å²) in [6.45, 7) is 2.52. The standard InChI is InChI=1S/C14H13NO3/c1-2-18-12-5-3-4-10(8-12)11-6-7-15-13(9-11)14(16)17/h3-9H,2H2,1H3,(H,16,17). The molecule has 1 aromatic carbocycles. The molecule has 0 spiro atoms. The summed E-state index contributed by atoms with van der Waals surface area (Å²) in [4.78, 5) is 14.7. The van der Waals surface area contributed by atoms with Crippen LogP contribution < -0.4 is 4.74 Å².